The molecule has 0 aliphatic rings. The van der Waals surface area contributed by atoms with Gasteiger partial charge in [0.2, 0.25) is 0 Å². The van der Waals surface area contributed by atoms with Gasteiger partial charge in [-0.2, -0.15) is 0 Å². The third kappa shape index (κ3) is 11.2. The zero-order valence-corrected chi connectivity index (χ0v) is 8.51. The first-order chi connectivity index (χ1) is 6.41. The van der Waals surface area contributed by atoms with Gasteiger partial charge in [-0.15, -0.1) is 0 Å². The van der Waals surface area contributed by atoms with Gasteiger partial charge in [-0.3, -0.25) is 4.79 Å². The third-order valence-electron chi connectivity index (χ3n) is 1.98. The van der Waals surface area contributed by atoms with Crippen LogP contribution < -0.4 is 5.32 Å². The first kappa shape index (κ1) is 12.2. The lowest BCUT2D eigenvalue weighted by atomic mass is 10.1. The summed E-state index contributed by atoms with van der Waals surface area (Å²) in [4.78, 5) is 9.72. The first-order valence-corrected chi connectivity index (χ1v) is 5.19. The lowest BCUT2D eigenvalue weighted by Gasteiger charge is -1.97. The largest absolute Gasteiger partial charge is 0.325 e. The Morgan fingerprint density at radius 2 is 1.85 bits per heavy atom. The summed E-state index contributed by atoms with van der Waals surface area (Å²) in [6, 6.07) is 0. The van der Waals surface area contributed by atoms with E-state index in [1.54, 1.807) is 12.6 Å². The second kappa shape index (κ2) is 11.2. The van der Waals surface area contributed by atoms with E-state index in [9.17, 15) is 4.79 Å². The van der Waals surface area contributed by atoms with Crippen LogP contribution >= 0.6 is 0 Å². The molecule has 1 N–H and O–H groups in total. The van der Waals surface area contributed by atoms with Crippen molar-refractivity contribution in [3.63, 3.8) is 0 Å². The molecular weight excluding hydrogens is 162 g/mol. The van der Waals surface area contributed by atoms with Crippen LogP contribution in [-0.4, -0.2) is 6.41 Å². The summed E-state index contributed by atoms with van der Waals surface area (Å²) >= 11 is 0. The van der Waals surface area contributed by atoms with Crippen molar-refractivity contribution in [3.8, 4) is 0 Å². The van der Waals surface area contributed by atoms with Crippen molar-refractivity contribution in [1.82, 2.24) is 5.32 Å². The highest BCUT2D eigenvalue weighted by Crippen LogP contribution is 2.06. The maximum absolute atomic E-state index is 9.72. The molecule has 0 saturated heterocycles. The van der Waals surface area contributed by atoms with Crippen molar-refractivity contribution >= 4 is 6.41 Å². The molecule has 0 aliphatic heterocycles. The lowest BCUT2D eigenvalue weighted by Crippen LogP contribution is -1.97. The van der Waals surface area contributed by atoms with Gasteiger partial charge in [0.15, 0.2) is 0 Å². The molecule has 0 unspecified atom stereocenters. The van der Waals surface area contributed by atoms with Crippen LogP contribution in [0.25, 0.3) is 0 Å². The van der Waals surface area contributed by atoms with Gasteiger partial charge in [0, 0.05) is 6.20 Å². The second-order valence-corrected chi connectivity index (χ2v) is 3.21. The second-order valence-electron chi connectivity index (χ2n) is 3.21. The van der Waals surface area contributed by atoms with Crippen molar-refractivity contribution in [2.75, 3.05) is 0 Å². The number of hydrogen-bond donors (Lipinski definition) is 1. The predicted octanol–water partition coefficient (Wildman–Crippen LogP) is 2.91. The van der Waals surface area contributed by atoms with Gasteiger partial charge in [-0.05, 0) is 12.8 Å². The summed E-state index contributed by atoms with van der Waals surface area (Å²) in [5.74, 6) is 0. The van der Waals surface area contributed by atoms with E-state index in [0.717, 1.165) is 6.42 Å². The van der Waals surface area contributed by atoms with E-state index in [0.29, 0.717) is 0 Å². The highest BCUT2D eigenvalue weighted by molar-refractivity contribution is 5.48. The Bertz CT molecular complexity index is 132. The van der Waals surface area contributed by atoms with E-state index in [1.807, 2.05) is 6.08 Å². The minimum Gasteiger partial charge on any atom is -0.325 e. The topological polar surface area (TPSA) is 29.1 Å². The molecule has 0 rings (SSSR count). The maximum Gasteiger partial charge on any atom is 0.313 e. The van der Waals surface area contributed by atoms with E-state index in [1.165, 1.54) is 38.5 Å². The fourth-order valence-corrected chi connectivity index (χ4v) is 1.22. The average molecular weight is 182 g/mol. The van der Waals surface area contributed by atoms with Gasteiger partial charge in [0.1, 0.15) is 0 Å². The quantitative estimate of drug-likeness (QED) is 0.431. The summed E-state index contributed by atoms with van der Waals surface area (Å²) in [5, 5.41) is 2.37. The summed E-state index contributed by atoms with van der Waals surface area (Å²) < 4.78 is 0. The number of nitrogens with one attached hydrogen (secondary N) is 1. The minimum absolute atomic E-state index is 1.06. The number of rotatable bonds is 9. The van der Waals surface area contributed by atoms with Crippen molar-refractivity contribution in [3.05, 3.63) is 12.3 Å². The van der Waals surface area contributed by atoms with Gasteiger partial charge in [-0.1, -0.05) is 45.1 Å². The Morgan fingerprint density at radius 3 is 2.54 bits per heavy atom. The van der Waals surface area contributed by atoms with Gasteiger partial charge < -0.3 is 5.32 Å². The lowest BCUT2D eigenvalue weighted by molar-refractivity contribution is 0.550. The molecule has 2 nitrogen and oxygen atoms in total. The molecular formula is C11H20NO. The Labute approximate surface area is 81.4 Å². The molecule has 1 amide bonds. The number of unbranched alkanes of at least 4 members (excludes halogenated alkanes) is 6. The van der Waals surface area contributed by atoms with Crippen LogP contribution in [-0.2, 0) is 4.79 Å². The SMILES string of the molecule is CCCCCCCC/C=C/N[C]=O. The van der Waals surface area contributed by atoms with Crippen LogP contribution in [0.2, 0.25) is 0 Å². The summed E-state index contributed by atoms with van der Waals surface area (Å²) in [6.07, 6.45) is 14.2. The molecule has 2 heteroatoms. The van der Waals surface area contributed by atoms with Crippen LogP contribution in [0.1, 0.15) is 51.9 Å². The van der Waals surface area contributed by atoms with Gasteiger partial charge in [0.25, 0.3) is 0 Å². The van der Waals surface area contributed by atoms with Crippen LogP contribution in [0, 0.1) is 0 Å². The van der Waals surface area contributed by atoms with Gasteiger partial charge in [0.05, 0.1) is 0 Å². The Kier molecular flexibility index (Phi) is 10.5. The van der Waals surface area contributed by atoms with Gasteiger partial charge >= 0.3 is 6.41 Å². The standard InChI is InChI=1S/C11H20NO/c1-2-3-4-5-6-7-8-9-10-12-11-13/h9-10H,2-8H2,1H3,(H,12,13)/b10-9+. The number of allylic oxidation sites excluding steroid dienone is 1. The van der Waals surface area contributed by atoms with E-state index < -0.39 is 0 Å². The highest BCUT2D eigenvalue weighted by Gasteiger charge is 1.87. The molecule has 75 valence electrons. The molecule has 0 aliphatic carbocycles. The summed E-state index contributed by atoms with van der Waals surface area (Å²) in [7, 11) is 0. The Morgan fingerprint density at radius 1 is 1.15 bits per heavy atom. The summed E-state index contributed by atoms with van der Waals surface area (Å²) in [6.45, 7) is 2.23. The number of amides is 1. The van der Waals surface area contributed by atoms with Crippen LogP contribution in [0.15, 0.2) is 12.3 Å². The minimum atomic E-state index is 1.06. The molecule has 0 fully saturated rings. The smallest absolute Gasteiger partial charge is 0.313 e. The molecule has 0 saturated carbocycles. The van der Waals surface area contributed by atoms with E-state index >= 15 is 0 Å². The van der Waals surface area contributed by atoms with Crippen molar-refractivity contribution in [1.29, 1.82) is 0 Å². The normalized spacial score (nSPS) is 10.5. The molecule has 1 radical (unpaired) electrons. The zero-order valence-electron chi connectivity index (χ0n) is 8.51. The molecule has 0 spiro atoms. The Balaban J connectivity index is 2.94. The summed E-state index contributed by atoms with van der Waals surface area (Å²) in [5.41, 5.74) is 0. The van der Waals surface area contributed by atoms with E-state index in [4.69, 9.17) is 0 Å². The number of hydrogen-bond acceptors (Lipinski definition) is 1. The molecule has 0 atom stereocenters. The fraction of sp³-hybridized carbons (Fsp3) is 0.727. The maximum atomic E-state index is 9.72. The van der Waals surface area contributed by atoms with Crippen LogP contribution in [0.4, 0.5) is 0 Å². The number of carbonyl (C=O) groups excluding carboxylic acids is 1. The van der Waals surface area contributed by atoms with Crippen LogP contribution in [0.5, 0.6) is 0 Å². The molecule has 0 bridgehead atoms. The highest BCUT2D eigenvalue weighted by atomic mass is 16.1. The molecule has 0 heterocycles. The molecule has 13 heavy (non-hydrogen) atoms. The first-order valence-electron chi connectivity index (χ1n) is 5.19. The fourth-order valence-electron chi connectivity index (χ4n) is 1.22. The zero-order chi connectivity index (χ0) is 9.78. The third-order valence-corrected chi connectivity index (χ3v) is 1.98. The van der Waals surface area contributed by atoms with Gasteiger partial charge in [-0.25, -0.2) is 0 Å². The van der Waals surface area contributed by atoms with Crippen LogP contribution in [0.3, 0.4) is 0 Å². The monoisotopic (exact) mass is 182 g/mol. The molecule has 0 aromatic heterocycles. The molecule has 0 aromatic carbocycles. The van der Waals surface area contributed by atoms with Crippen molar-refractivity contribution in [2.45, 2.75) is 51.9 Å². The predicted molar refractivity (Wildman–Crippen MR) is 56.0 cm³/mol. The molecule has 0 aromatic rings. The average Bonchev–Trinajstić information content (AvgIpc) is 2.16. The van der Waals surface area contributed by atoms with E-state index in [-0.39, 0.29) is 0 Å². The van der Waals surface area contributed by atoms with Crippen molar-refractivity contribution < 1.29 is 4.79 Å². The van der Waals surface area contributed by atoms with E-state index in [2.05, 4.69) is 12.2 Å². The Hall–Kier alpha value is -0.790. The van der Waals surface area contributed by atoms with Crippen molar-refractivity contribution in [2.24, 2.45) is 0 Å².